The summed E-state index contributed by atoms with van der Waals surface area (Å²) in [4.78, 5) is 15.9. The van der Waals surface area contributed by atoms with Crippen LogP contribution in [0.5, 0.6) is 0 Å². The minimum absolute atomic E-state index is 0.212. The molecular formula is C16H13FN2O2. The predicted octanol–water partition coefficient (Wildman–Crippen LogP) is 2.94. The maximum atomic E-state index is 12.8. The second kappa shape index (κ2) is 5.75. The minimum Gasteiger partial charge on any atom is -0.443 e. The second-order valence-electron chi connectivity index (χ2n) is 4.67. The Kier molecular flexibility index (Phi) is 3.64. The first-order chi connectivity index (χ1) is 10.2. The van der Waals surface area contributed by atoms with Gasteiger partial charge in [-0.05, 0) is 48.4 Å². The number of oxazole rings is 1. The molecule has 1 N–H and O–H groups in total. The van der Waals surface area contributed by atoms with Gasteiger partial charge in [0.2, 0.25) is 0 Å². The lowest BCUT2D eigenvalue weighted by molar-refractivity contribution is 0.0954. The average molecular weight is 284 g/mol. The third-order valence-corrected chi connectivity index (χ3v) is 3.20. The number of aromatic nitrogens is 1. The van der Waals surface area contributed by atoms with Crippen molar-refractivity contribution in [3.05, 3.63) is 65.8 Å². The molecule has 0 unspecified atom stereocenters. The first kappa shape index (κ1) is 13.3. The lowest BCUT2D eigenvalue weighted by Gasteiger charge is -2.05. The Labute approximate surface area is 120 Å². The summed E-state index contributed by atoms with van der Waals surface area (Å²) in [6.45, 7) is 0.496. The molecule has 1 aromatic heterocycles. The topological polar surface area (TPSA) is 55.1 Å². The van der Waals surface area contributed by atoms with Gasteiger partial charge in [0.15, 0.2) is 12.0 Å². The lowest BCUT2D eigenvalue weighted by atomic mass is 10.1. The van der Waals surface area contributed by atoms with Gasteiger partial charge in [-0.1, -0.05) is 6.07 Å². The SMILES string of the molecule is O=C(NCCc1ccc2ncoc2c1)c1ccc(F)cc1. The summed E-state index contributed by atoms with van der Waals surface area (Å²) in [6.07, 6.45) is 2.09. The highest BCUT2D eigenvalue weighted by Gasteiger charge is 2.05. The highest BCUT2D eigenvalue weighted by molar-refractivity contribution is 5.94. The second-order valence-corrected chi connectivity index (χ2v) is 4.67. The number of nitrogens with zero attached hydrogens (tertiary/aromatic N) is 1. The lowest BCUT2D eigenvalue weighted by Crippen LogP contribution is -2.25. The minimum atomic E-state index is -0.355. The van der Waals surface area contributed by atoms with Gasteiger partial charge < -0.3 is 9.73 Å². The first-order valence-corrected chi connectivity index (χ1v) is 6.58. The van der Waals surface area contributed by atoms with Crippen LogP contribution in [-0.4, -0.2) is 17.4 Å². The van der Waals surface area contributed by atoms with Crippen LogP contribution in [0.15, 0.2) is 53.3 Å². The smallest absolute Gasteiger partial charge is 0.251 e. The number of amides is 1. The molecule has 0 saturated heterocycles. The molecule has 2 aromatic carbocycles. The molecule has 0 aliphatic carbocycles. The molecule has 0 bridgehead atoms. The van der Waals surface area contributed by atoms with Gasteiger partial charge in [0.05, 0.1) is 0 Å². The summed E-state index contributed by atoms with van der Waals surface area (Å²) < 4.78 is 18.0. The number of hydrogen-bond acceptors (Lipinski definition) is 3. The van der Waals surface area contributed by atoms with Crippen LogP contribution in [0.2, 0.25) is 0 Å². The van der Waals surface area contributed by atoms with E-state index in [2.05, 4.69) is 10.3 Å². The van der Waals surface area contributed by atoms with Crippen molar-refractivity contribution >= 4 is 17.0 Å². The number of fused-ring (bicyclic) bond motifs is 1. The Hall–Kier alpha value is -2.69. The van der Waals surface area contributed by atoms with Crippen LogP contribution in [0.3, 0.4) is 0 Å². The largest absolute Gasteiger partial charge is 0.443 e. The number of halogens is 1. The van der Waals surface area contributed by atoms with Gasteiger partial charge in [-0.15, -0.1) is 0 Å². The Morgan fingerprint density at radius 3 is 2.81 bits per heavy atom. The fourth-order valence-corrected chi connectivity index (χ4v) is 2.08. The summed E-state index contributed by atoms with van der Waals surface area (Å²) >= 11 is 0. The van der Waals surface area contributed by atoms with Crippen molar-refractivity contribution in [2.45, 2.75) is 6.42 Å². The molecule has 5 heteroatoms. The van der Waals surface area contributed by atoms with Crippen LogP contribution in [-0.2, 0) is 6.42 Å². The van der Waals surface area contributed by atoms with Gasteiger partial charge in [0, 0.05) is 12.1 Å². The van der Waals surface area contributed by atoms with Crippen molar-refractivity contribution in [2.75, 3.05) is 6.54 Å². The van der Waals surface area contributed by atoms with E-state index < -0.39 is 0 Å². The van der Waals surface area contributed by atoms with Crippen LogP contribution < -0.4 is 5.32 Å². The van der Waals surface area contributed by atoms with Crippen molar-refractivity contribution in [3.8, 4) is 0 Å². The van der Waals surface area contributed by atoms with Crippen LogP contribution in [0.4, 0.5) is 4.39 Å². The van der Waals surface area contributed by atoms with Gasteiger partial charge in [0.1, 0.15) is 11.3 Å². The van der Waals surface area contributed by atoms with Crippen molar-refractivity contribution in [1.82, 2.24) is 10.3 Å². The number of carbonyl (C=O) groups is 1. The molecule has 21 heavy (non-hydrogen) atoms. The van der Waals surface area contributed by atoms with Crippen LogP contribution in [0.25, 0.3) is 11.1 Å². The summed E-state index contributed by atoms with van der Waals surface area (Å²) in [5.74, 6) is -0.567. The standard InChI is InChI=1S/C16H13FN2O2/c17-13-4-2-12(3-5-13)16(20)18-8-7-11-1-6-14-15(9-11)21-10-19-14/h1-6,9-10H,7-8H2,(H,18,20). The molecule has 0 spiro atoms. The van der Waals surface area contributed by atoms with Crippen LogP contribution in [0, 0.1) is 5.82 Å². The van der Waals surface area contributed by atoms with E-state index in [1.807, 2.05) is 18.2 Å². The normalized spacial score (nSPS) is 10.7. The van der Waals surface area contributed by atoms with Crippen LogP contribution >= 0.6 is 0 Å². The van der Waals surface area contributed by atoms with Gasteiger partial charge in [0.25, 0.3) is 5.91 Å². The zero-order chi connectivity index (χ0) is 14.7. The maximum absolute atomic E-state index is 12.8. The molecular weight excluding hydrogens is 271 g/mol. The van der Waals surface area contributed by atoms with E-state index in [1.54, 1.807) is 0 Å². The summed E-state index contributed by atoms with van der Waals surface area (Å²) in [5.41, 5.74) is 3.05. The van der Waals surface area contributed by atoms with Crippen molar-refractivity contribution in [1.29, 1.82) is 0 Å². The average Bonchev–Trinajstić information content (AvgIpc) is 2.95. The molecule has 3 aromatic rings. The third-order valence-electron chi connectivity index (χ3n) is 3.20. The van der Waals surface area contributed by atoms with Crippen molar-refractivity contribution in [2.24, 2.45) is 0 Å². The van der Waals surface area contributed by atoms with Gasteiger partial charge >= 0.3 is 0 Å². The van der Waals surface area contributed by atoms with Crippen molar-refractivity contribution < 1.29 is 13.6 Å². The predicted molar refractivity (Wildman–Crippen MR) is 76.4 cm³/mol. The molecule has 0 aliphatic rings. The quantitative estimate of drug-likeness (QED) is 0.801. The highest BCUT2D eigenvalue weighted by Crippen LogP contribution is 2.14. The first-order valence-electron chi connectivity index (χ1n) is 6.58. The summed E-state index contributed by atoms with van der Waals surface area (Å²) in [7, 11) is 0. The zero-order valence-electron chi connectivity index (χ0n) is 11.2. The van der Waals surface area contributed by atoms with Gasteiger partial charge in [-0.2, -0.15) is 0 Å². The van der Waals surface area contributed by atoms with E-state index in [4.69, 9.17) is 4.42 Å². The highest BCUT2D eigenvalue weighted by atomic mass is 19.1. The summed E-state index contributed by atoms with van der Waals surface area (Å²) in [6, 6.07) is 11.2. The van der Waals surface area contributed by atoms with Gasteiger partial charge in [-0.3, -0.25) is 4.79 Å². The Morgan fingerprint density at radius 2 is 2.00 bits per heavy atom. The fourth-order valence-electron chi connectivity index (χ4n) is 2.08. The number of carbonyl (C=O) groups excluding carboxylic acids is 1. The number of rotatable bonds is 4. The van der Waals surface area contributed by atoms with E-state index in [-0.39, 0.29) is 11.7 Å². The Morgan fingerprint density at radius 1 is 1.19 bits per heavy atom. The molecule has 0 saturated carbocycles. The fraction of sp³-hybridized carbons (Fsp3) is 0.125. The van der Waals surface area contributed by atoms with E-state index in [1.165, 1.54) is 30.7 Å². The number of nitrogens with one attached hydrogen (secondary N) is 1. The van der Waals surface area contributed by atoms with Crippen molar-refractivity contribution in [3.63, 3.8) is 0 Å². The Bertz CT molecular complexity index is 765. The third kappa shape index (κ3) is 3.08. The van der Waals surface area contributed by atoms with E-state index in [0.29, 0.717) is 18.5 Å². The maximum Gasteiger partial charge on any atom is 0.251 e. The number of hydrogen-bond donors (Lipinski definition) is 1. The van der Waals surface area contributed by atoms with E-state index in [9.17, 15) is 9.18 Å². The van der Waals surface area contributed by atoms with Gasteiger partial charge in [-0.25, -0.2) is 9.37 Å². The van der Waals surface area contributed by atoms with E-state index in [0.717, 1.165) is 16.7 Å². The molecule has 0 radical (unpaired) electrons. The van der Waals surface area contributed by atoms with Crippen LogP contribution in [0.1, 0.15) is 15.9 Å². The van der Waals surface area contributed by atoms with E-state index >= 15 is 0 Å². The molecule has 1 amide bonds. The summed E-state index contributed by atoms with van der Waals surface area (Å²) in [5, 5.41) is 2.80. The molecule has 4 nitrogen and oxygen atoms in total. The molecule has 106 valence electrons. The number of benzene rings is 2. The molecule has 3 rings (SSSR count). The molecule has 1 heterocycles. The monoisotopic (exact) mass is 284 g/mol. The molecule has 0 aliphatic heterocycles. The molecule has 0 atom stereocenters. The Balaban J connectivity index is 1.57. The molecule has 0 fully saturated rings. The zero-order valence-corrected chi connectivity index (χ0v) is 11.2.